The van der Waals surface area contributed by atoms with Crippen molar-refractivity contribution < 1.29 is 9.59 Å². The highest BCUT2D eigenvalue weighted by Gasteiger charge is 2.17. The lowest BCUT2D eigenvalue weighted by molar-refractivity contribution is -0.125. The molecule has 0 aliphatic carbocycles. The molecule has 1 aromatic heterocycles. The number of carbonyl (C=O) groups excluding carboxylic acids is 2. The summed E-state index contributed by atoms with van der Waals surface area (Å²) in [4.78, 5) is 32.4. The Morgan fingerprint density at radius 1 is 1.20 bits per heavy atom. The smallest absolute Gasteiger partial charge is 0.246 e. The molecule has 1 N–H and O–H groups in total. The van der Waals surface area contributed by atoms with E-state index in [-0.39, 0.29) is 24.2 Å². The average Bonchev–Trinajstić information content (AvgIpc) is 2.78. The summed E-state index contributed by atoms with van der Waals surface area (Å²) in [5.41, 5.74) is 6.59. The van der Waals surface area contributed by atoms with Crippen molar-refractivity contribution in [1.29, 1.82) is 0 Å². The van der Waals surface area contributed by atoms with E-state index in [0.29, 0.717) is 25.5 Å². The Kier molecular flexibility index (Phi) is 7.76. The summed E-state index contributed by atoms with van der Waals surface area (Å²) >= 11 is 0. The molecule has 0 unspecified atom stereocenters. The van der Waals surface area contributed by atoms with Gasteiger partial charge in [-0.3, -0.25) is 14.5 Å². The van der Waals surface area contributed by atoms with Crippen molar-refractivity contribution in [3.63, 3.8) is 0 Å². The zero-order chi connectivity index (χ0) is 21.1. The first-order valence-corrected chi connectivity index (χ1v) is 9.70. The molecule has 0 fully saturated rings. The molecule has 0 spiro atoms. The van der Waals surface area contributed by atoms with E-state index in [1.54, 1.807) is 23.2 Å². The molecule has 0 saturated heterocycles. The zero-order valence-corrected chi connectivity index (χ0v) is 19.0. The highest BCUT2D eigenvalue weighted by molar-refractivity contribution is 5.93. The van der Waals surface area contributed by atoms with Crippen LogP contribution in [0.3, 0.4) is 0 Å². The Balaban J connectivity index is 0.00000320. The molecule has 1 aromatic carbocycles. The van der Waals surface area contributed by atoms with Crippen LogP contribution >= 0.6 is 12.4 Å². The van der Waals surface area contributed by atoms with Gasteiger partial charge in [0.15, 0.2) is 0 Å². The molecule has 1 aliphatic rings. The highest BCUT2D eigenvalue weighted by Crippen LogP contribution is 2.20. The molecule has 0 atom stereocenters. The maximum atomic E-state index is 12.6. The number of likely N-dealkylation sites (N-methyl/N-ethyl adjacent to an activating group) is 2. The Morgan fingerprint density at radius 3 is 2.53 bits per heavy atom. The second-order valence-corrected chi connectivity index (χ2v) is 7.90. The third-order valence-electron chi connectivity index (χ3n) is 5.13. The van der Waals surface area contributed by atoms with Gasteiger partial charge in [-0.25, -0.2) is 4.98 Å². The predicted octanol–water partition coefficient (Wildman–Crippen LogP) is 3.48. The van der Waals surface area contributed by atoms with Gasteiger partial charge in [-0.05, 0) is 62.2 Å². The van der Waals surface area contributed by atoms with Crippen LogP contribution in [0.1, 0.15) is 33.4 Å². The third kappa shape index (κ3) is 5.68. The van der Waals surface area contributed by atoms with Gasteiger partial charge in [-0.2, -0.15) is 0 Å². The van der Waals surface area contributed by atoms with Crippen LogP contribution in [0.15, 0.2) is 30.5 Å². The molecule has 0 radical (unpaired) electrons. The van der Waals surface area contributed by atoms with Crippen LogP contribution in [0, 0.1) is 20.8 Å². The van der Waals surface area contributed by atoms with Gasteiger partial charge in [0.05, 0.1) is 6.54 Å². The van der Waals surface area contributed by atoms with Crippen molar-refractivity contribution in [2.45, 2.75) is 33.9 Å². The molecule has 30 heavy (non-hydrogen) atoms. The Bertz CT molecular complexity index is 964. The summed E-state index contributed by atoms with van der Waals surface area (Å²) in [6.45, 7) is 7.78. The number of amides is 2. The minimum Gasteiger partial charge on any atom is -0.338 e. The largest absolute Gasteiger partial charge is 0.338 e. The van der Waals surface area contributed by atoms with E-state index in [1.807, 2.05) is 25.1 Å². The first-order chi connectivity index (χ1) is 13.7. The fourth-order valence-electron chi connectivity index (χ4n) is 3.69. The molecule has 2 aromatic rings. The number of fused-ring (bicyclic) bond motifs is 1. The first-order valence-electron chi connectivity index (χ1n) is 9.70. The second kappa shape index (κ2) is 9.87. The van der Waals surface area contributed by atoms with E-state index in [2.05, 4.69) is 43.2 Å². The molecule has 2 amide bonds. The second-order valence-electron chi connectivity index (χ2n) is 7.90. The van der Waals surface area contributed by atoms with Crippen LogP contribution < -0.4 is 5.32 Å². The van der Waals surface area contributed by atoms with Crippen LogP contribution in [0.25, 0.3) is 6.08 Å². The lowest BCUT2D eigenvalue weighted by atomic mass is 9.99. The number of carbonyl (C=O) groups is 2. The van der Waals surface area contributed by atoms with Crippen molar-refractivity contribution in [3.8, 4) is 0 Å². The van der Waals surface area contributed by atoms with Crippen molar-refractivity contribution in [2.24, 2.45) is 0 Å². The maximum Gasteiger partial charge on any atom is 0.246 e. The number of benzene rings is 1. The number of nitrogens with one attached hydrogen (secondary N) is 1. The number of rotatable bonds is 4. The van der Waals surface area contributed by atoms with Gasteiger partial charge in [-0.15, -0.1) is 12.4 Å². The summed E-state index contributed by atoms with van der Waals surface area (Å²) in [6.07, 6.45) is 5.01. The minimum atomic E-state index is -0.0689. The van der Waals surface area contributed by atoms with Gasteiger partial charge in [0.25, 0.3) is 0 Å². The molecular formula is C23H29ClN4O2. The molecule has 0 bridgehead atoms. The van der Waals surface area contributed by atoms with Crippen LogP contribution in [-0.4, -0.2) is 47.2 Å². The maximum absolute atomic E-state index is 12.6. The topological polar surface area (TPSA) is 65.5 Å². The summed E-state index contributed by atoms with van der Waals surface area (Å²) < 4.78 is 0. The molecule has 7 heteroatoms. The number of hydrogen-bond donors (Lipinski definition) is 1. The van der Waals surface area contributed by atoms with Crippen LogP contribution in [0.5, 0.6) is 0 Å². The summed E-state index contributed by atoms with van der Waals surface area (Å²) in [6, 6.07) is 6.25. The molecule has 1 aliphatic heterocycles. The fourth-order valence-corrected chi connectivity index (χ4v) is 3.69. The van der Waals surface area contributed by atoms with Crippen LogP contribution in [0.2, 0.25) is 0 Å². The first kappa shape index (κ1) is 23.6. The van der Waals surface area contributed by atoms with E-state index < -0.39 is 0 Å². The molecule has 0 saturated carbocycles. The number of hydrogen-bond acceptors (Lipinski definition) is 4. The molecular weight excluding hydrogens is 400 g/mol. The SMILES string of the molecule is Cc1cc(C)c(CN(C)C(=O)/C=C/c2cnc3c(c2)CN(C)CC(=O)N3)c(C)c1.Cl. The fraction of sp³-hybridized carbons (Fsp3) is 0.348. The lowest BCUT2D eigenvalue weighted by Gasteiger charge is -2.19. The number of pyridine rings is 1. The van der Waals surface area contributed by atoms with Gasteiger partial charge >= 0.3 is 0 Å². The summed E-state index contributed by atoms with van der Waals surface area (Å²) in [5.74, 6) is 0.454. The Labute approximate surface area is 184 Å². The van der Waals surface area contributed by atoms with E-state index in [4.69, 9.17) is 0 Å². The van der Waals surface area contributed by atoms with Crippen molar-refractivity contribution >= 4 is 36.1 Å². The van der Waals surface area contributed by atoms with Crippen molar-refractivity contribution in [2.75, 3.05) is 26.0 Å². The van der Waals surface area contributed by atoms with Crippen molar-refractivity contribution in [1.82, 2.24) is 14.8 Å². The van der Waals surface area contributed by atoms with Crippen molar-refractivity contribution in [3.05, 3.63) is 63.9 Å². The van der Waals surface area contributed by atoms with Gasteiger partial charge in [0, 0.05) is 38.0 Å². The van der Waals surface area contributed by atoms with Gasteiger partial charge in [0.1, 0.15) is 5.82 Å². The number of anilines is 1. The van der Waals surface area contributed by atoms with E-state index in [0.717, 1.165) is 11.1 Å². The normalized spacial score (nSPS) is 14.0. The molecule has 2 heterocycles. The minimum absolute atomic E-state index is 0. The number of halogens is 1. The summed E-state index contributed by atoms with van der Waals surface area (Å²) in [7, 11) is 3.70. The summed E-state index contributed by atoms with van der Waals surface area (Å²) in [5, 5.41) is 2.81. The number of aromatic nitrogens is 1. The monoisotopic (exact) mass is 428 g/mol. The van der Waals surface area contributed by atoms with Gasteiger partial charge < -0.3 is 10.2 Å². The molecule has 3 rings (SSSR count). The Morgan fingerprint density at radius 2 is 1.87 bits per heavy atom. The van der Waals surface area contributed by atoms with E-state index in [9.17, 15) is 9.59 Å². The van der Waals surface area contributed by atoms with Crippen LogP contribution in [-0.2, 0) is 22.7 Å². The van der Waals surface area contributed by atoms with Gasteiger partial charge in [-0.1, -0.05) is 17.7 Å². The quantitative estimate of drug-likeness (QED) is 0.757. The lowest BCUT2D eigenvalue weighted by Crippen LogP contribution is -2.26. The molecule has 160 valence electrons. The zero-order valence-electron chi connectivity index (χ0n) is 18.2. The van der Waals surface area contributed by atoms with Crippen LogP contribution in [0.4, 0.5) is 5.82 Å². The van der Waals surface area contributed by atoms with Gasteiger partial charge in [0.2, 0.25) is 11.8 Å². The highest BCUT2D eigenvalue weighted by atomic mass is 35.5. The molecule has 6 nitrogen and oxygen atoms in total. The average molecular weight is 429 g/mol. The third-order valence-corrected chi connectivity index (χ3v) is 5.13. The standard InChI is InChI=1S/C23H28N4O2.ClH/c1-15-8-16(2)20(17(3)9-15)13-27(5)22(29)7-6-18-10-19-12-26(4)14-21(28)25-23(19)24-11-18;/h6-11H,12-14H2,1-5H3,(H,24,25,28);1H/b7-6+;. The van der Waals surface area contributed by atoms with E-state index >= 15 is 0 Å². The number of nitrogens with zero attached hydrogens (tertiary/aromatic N) is 3. The van der Waals surface area contributed by atoms with E-state index in [1.165, 1.54) is 22.3 Å². The predicted molar refractivity (Wildman–Crippen MR) is 123 cm³/mol. The number of aryl methyl sites for hydroxylation is 3. The Hall–Kier alpha value is -2.70.